The van der Waals surface area contributed by atoms with E-state index < -0.39 is 0 Å². The van der Waals surface area contributed by atoms with E-state index in [9.17, 15) is 0 Å². The molecular formula is C19H28N2. The second-order valence-corrected chi connectivity index (χ2v) is 5.93. The summed E-state index contributed by atoms with van der Waals surface area (Å²) in [6, 6.07) is 10.6. The van der Waals surface area contributed by atoms with Gasteiger partial charge in [-0.1, -0.05) is 69.4 Å². The summed E-state index contributed by atoms with van der Waals surface area (Å²) in [5.41, 5.74) is 2.48. The van der Waals surface area contributed by atoms with Crippen molar-refractivity contribution in [3.8, 4) is 0 Å². The fourth-order valence-corrected chi connectivity index (χ4v) is 2.78. The number of hydrogen-bond acceptors (Lipinski definition) is 1. The van der Waals surface area contributed by atoms with Crippen LogP contribution in [0.1, 0.15) is 62.5 Å². The first-order valence-corrected chi connectivity index (χ1v) is 8.36. The average Bonchev–Trinajstić information content (AvgIpc) is 2.83. The third-order valence-electron chi connectivity index (χ3n) is 3.93. The molecule has 0 fully saturated rings. The summed E-state index contributed by atoms with van der Waals surface area (Å²) in [5, 5.41) is 0. The minimum atomic E-state index is 0.937. The van der Waals surface area contributed by atoms with Crippen molar-refractivity contribution >= 4 is 0 Å². The van der Waals surface area contributed by atoms with Crippen LogP contribution in [-0.2, 0) is 13.0 Å². The lowest BCUT2D eigenvalue weighted by molar-refractivity contribution is 0.590. The van der Waals surface area contributed by atoms with E-state index in [1.807, 2.05) is 0 Å². The fraction of sp³-hybridized carbons (Fsp3) is 0.526. The molecular weight excluding hydrogens is 256 g/mol. The van der Waals surface area contributed by atoms with Gasteiger partial charge in [-0.05, 0) is 18.9 Å². The summed E-state index contributed by atoms with van der Waals surface area (Å²) < 4.78 is 2.32. The Balaban J connectivity index is 1.85. The van der Waals surface area contributed by atoms with Crippen LogP contribution >= 0.6 is 0 Å². The predicted octanol–water partition coefficient (Wildman–Crippen LogP) is 5.14. The zero-order valence-corrected chi connectivity index (χ0v) is 13.5. The number of benzene rings is 1. The Morgan fingerprint density at radius 2 is 1.67 bits per heavy atom. The molecule has 0 bridgehead atoms. The predicted molar refractivity (Wildman–Crippen MR) is 89.6 cm³/mol. The van der Waals surface area contributed by atoms with E-state index >= 15 is 0 Å². The van der Waals surface area contributed by atoms with E-state index in [0.717, 1.165) is 18.7 Å². The summed E-state index contributed by atoms with van der Waals surface area (Å²) in [5.74, 6) is 1.24. The molecule has 21 heavy (non-hydrogen) atoms. The molecule has 2 rings (SSSR count). The molecule has 1 aromatic heterocycles. The maximum Gasteiger partial charge on any atom is 0.109 e. The van der Waals surface area contributed by atoms with Gasteiger partial charge in [-0.2, -0.15) is 0 Å². The van der Waals surface area contributed by atoms with Crippen molar-refractivity contribution < 1.29 is 0 Å². The second kappa shape index (κ2) is 8.66. The van der Waals surface area contributed by atoms with Crippen molar-refractivity contribution in [2.24, 2.45) is 0 Å². The van der Waals surface area contributed by atoms with Crippen molar-refractivity contribution in [2.75, 3.05) is 0 Å². The summed E-state index contributed by atoms with van der Waals surface area (Å²) in [7, 11) is 0. The van der Waals surface area contributed by atoms with Gasteiger partial charge in [-0.15, -0.1) is 0 Å². The van der Waals surface area contributed by atoms with Crippen LogP contribution < -0.4 is 0 Å². The van der Waals surface area contributed by atoms with Gasteiger partial charge in [0, 0.05) is 19.2 Å². The molecule has 0 aliphatic rings. The molecule has 1 aromatic carbocycles. The van der Waals surface area contributed by atoms with Gasteiger partial charge in [0.15, 0.2) is 0 Å². The van der Waals surface area contributed by atoms with Crippen LogP contribution in [0.5, 0.6) is 0 Å². The Bertz CT molecular complexity index is 514. The summed E-state index contributed by atoms with van der Waals surface area (Å²) in [6.45, 7) is 5.29. The number of hydrogen-bond donors (Lipinski definition) is 0. The number of nitrogens with zero attached hydrogens (tertiary/aromatic N) is 2. The van der Waals surface area contributed by atoms with E-state index in [1.54, 1.807) is 0 Å². The first-order valence-electron chi connectivity index (χ1n) is 8.36. The summed E-state index contributed by atoms with van der Waals surface area (Å²) in [4.78, 5) is 4.70. The van der Waals surface area contributed by atoms with Crippen molar-refractivity contribution in [1.29, 1.82) is 0 Å². The molecule has 0 radical (unpaired) electrons. The third-order valence-corrected chi connectivity index (χ3v) is 3.93. The van der Waals surface area contributed by atoms with E-state index in [4.69, 9.17) is 4.98 Å². The third kappa shape index (κ3) is 5.37. The average molecular weight is 284 g/mol. The lowest BCUT2D eigenvalue weighted by atomic mass is 10.1. The summed E-state index contributed by atoms with van der Waals surface area (Å²) >= 11 is 0. The van der Waals surface area contributed by atoms with E-state index in [0.29, 0.717) is 0 Å². The van der Waals surface area contributed by atoms with Gasteiger partial charge in [0.25, 0.3) is 0 Å². The molecule has 1 heterocycles. The number of imidazole rings is 1. The monoisotopic (exact) mass is 284 g/mol. The van der Waals surface area contributed by atoms with Crippen LogP contribution in [0.4, 0.5) is 0 Å². The van der Waals surface area contributed by atoms with Gasteiger partial charge in [0.05, 0.1) is 5.69 Å². The molecule has 0 amide bonds. The fourth-order valence-electron chi connectivity index (χ4n) is 2.78. The van der Waals surface area contributed by atoms with E-state index in [-0.39, 0.29) is 0 Å². The summed E-state index contributed by atoms with van der Waals surface area (Å²) in [6.07, 6.45) is 11.3. The number of aromatic nitrogens is 2. The van der Waals surface area contributed by atoms with Crippen LogP contribution in [0.3, 0.4) is 0 Å². The minimum absolute atomic E-state index is 0.937. The maximum absolute atomic E-state index is 4.70. The van der Waals surface area contributed by atoms with Gasteiger partial charge in [0.2, 0.25) is 0 Å². The molecule has 114 valence electrons. The van der Waals surface area contributed by atoms with Crippen LogP contribution in [0, 0.1) is 6.92 Å². The number of unbranched alkanes of at least 4 members (excludes halogenated alkanes) is 5. The van der Waals surface area contributed by atoms with E-state index in [1.165, 1.54) is 49.9 Å². The molecule has 0 spiro atoms. The van der Waals surface area contributed by atoms with Crippen molar-refractivity contribution in [2.45, 2.75) is 65.3 Å². The first-order chi connectivity index (χ1) is 10.3. The minimum Gasteiger partial charge on any atom is -0.330 e. The first kappa shape index (κ1) is 15.8. The van der Waals surface area contributed by atoms with Crippen LogP contribution in [-0.4, -0.2) is 9.55 Å². The lowest BCUT2D eigenvalue weighted by Crippen LogP contribution is -2.04. The van der Waals surface area contributed by atoms with Gasteiger partial charge < -0.3 is 4.57 Å². The topological polar surface area (TPSA) is 17.8 Å². The Kier molecular flexibility index (Phi) is 6.52. The number of aryl methyl sites for hydroxylation is 2. The standard InChI is InChI=1S/C19H28N2/c1-3-4-5-6-7-11-14-19-20-17(2)15-21(19)16-18-12-9-8-10-13-18/h8-10,12-13,15H,3-7,11,14,16H2,1-2H3. The van der Waals surface area contributed by atoms with Gasteiger partial charge in [0.1, 0.15) is 5.82 Å². The quantitative estimate of drug-likeness (QED) is 0.583. The zero-order chi connectivity index (χ0) is 14.9. The van der Waals surface area contributed by atoms with Gasteiger partial charge in [-0.25, -0.2) is 4.98 Å². The Hall–Kier alpha value is -1.57. The van der Waals surface area contributed by atoms with Gasteiger partial charge in [-0.3, -0.25) is 0 Å². The molecule has 0 N–H and O–H groups in total. The molecule has 0 unspecified atom stereocenters. The normalized spacial score (nSPS) is 11.0. The molecule has 2 heteroatoms. The van der Waals surface area contributed by atoms with E-state index in [2.05, 4.69) is 54.9 Å². The molecule has 0 atom stereocenters. The van der Waals surface area contributed by atoms with Crippen LogP contribution in [0.25, 0.3) is 0 Å². The maximum atomic E-state index is 4.70. The Morgan fingerprint density at radius 3 is 2.43 bits per heavy atom. The highest BCUT2D eigenvalue weighted by atomic mass is 15.1. The van der Waals surface area contributed by atoms with Crippen molar-refractivity contribution in [3.05, 3.63) is 53.6 Å². The van der Waals surface area contributed by atoms with Crippen molar-refractivity contribution in [3.63, 3.8) is 0 Å². The Labute approximate surface area is 129 Å². The Morgan fingerprint density at radius 1 is 0.952 bits per heavy atom. The largest absolute Gasteiger partial charge is 0.330 e. The molecule has 0 saturated carbocycles. The van der Waals surface area contributed by atoms with Crippen molar-refractivity contribution in [1.82, 2.24) is 9.55 Å². The highest BCUT2D eigenvalue weighted by Crippen LogP contribution is 2.12. The highest BCUT2D eigenvalue weighted by molar-refractivity contribution is 5.16. The van der Waals surface area contributed by atoms with Crippen LogP contribution in [0.2, 0.25) is 0 Å². The number of rotatable bonds is 9. The van der Waals surface area contributed by atoms with Gasteiger partial charge >= 0.3 is 0 Å². The molecule has 2 nitrogen and oxygen atoms in total. The second-order valence-electron chi connectivity index (χ2n) is 5.93. The lowest BCUT2D eigenvalue weighted by Gasteiger charge is -2.08. The molecule has 0 aliphatic carbocycles. The van der Waals surface area contributed by atoms with Crippen LogP contribution in [0.15, 0.2) is 36.5 Å². The highest BCUT2D eigenvalue weighted by Gasteiger charge is 2.06. The zero-order valence-electron chi connectivity index (χ0n) is 13.5. The smallest absolute Gasteiger partial charge is 0.109 e. The molecule has 2 aromatic rings. The SMILES string of the molecule is CCCCCCCCc1nc(C)cn1Cc1ccccc1. The molecule has 0 aliphatic heterocycles. The molecule has 0 saturated heterocycles.